The van der Waals surface area contributed by atoms with E-state index >= 15 is 0 Å². The third-order valence-corrected chi connectivity index (χ3v) is 4.21. The number of aldehydes is 1. The van der Waals surface area contributed by atoms with E-state index in [2.05, 4.69) is 0 Å². The summed E-state index contributed by atoms with van der Waals surface area (Å²) in [5.74, 6) is 0. The molecule has 0 saturated heterocycles. The minimum Gasteiger partial charge on any atom is -0.383 e. The molecule has 7 heteroatoms. The molecule has 0 saturated carbocycles. The molecule has 0 radical (unpaired) electrons. The van der Waals surface area contributed by atoms with Crippen molar-refractivity contribution in [3.8, 4) is 6.07 Å². The summed E-state index contributed by atoms with van der Waals surface area (Å²) in [5.41, 5.74) is 0. The summed E-state index contributed by atoms with van der Waals surface area (Å²) < 4.78 is 23.2. The van der Waals surface area contributed by atoms with Crippen LogP contribution >= 0.6 is 0 Å². The highest BCUT2D eigenvalue weighted by molar-refractivity contribution is 7.96. The molecule has 0 heterocycles. The van der Waals surface area contributed by atoms with E-state index < -0.39 is 15.1 Å². The molecular weight excluding hydrogens is 302 g/mol. The van der Waals surface area contributed by atoms with E-state index in [0.717, 1.165) is 6.29 Å². The molecule has 0 fully saturated rings. The highest BCUT2D eigenvalue weighted by Gasteiger charge is 2.21. The van der Waals surface area contributed by atoms with Crippen LogP contribution in [-0.2, 0) is 14.6 Å². The Morgan fingerprint density at radius 2 is 1.50 bits per heavy atom. The van der Waals surface area contributed by atoms with Gasteiger partial charge in [0.05, 0.1) is 5.25 Å². The lowest BCUT2D eigenvalue weighted by Crippen LogP contribution is -2.15. The predicted molar refractivity (Wildman–Crippen MR) is 89.5 cm³/mol. The van der Waals surface area contributed by atoms with Gasteiger partial charge < -0.3 is 9.80 Å². The Bertz CT molecular complexity index is 551. The van der Waals surface area contributed by atoms with Gasteiger partial charge >= 0.3 is 0 Å². The Kier molecular flexibility index (Phi) is 11.7. The molecule has 124 valence electrons. The molecule has 0 unspecified atom stereocenters. The summed E-state index contributed by atoms with van der Waals surface area (Å²) >= 11 is 0. The minimum atomic E-state index is -3.46. The van der Waals surface area contributed by atoms with Crippen molar-refractivity contribution < 1.29 is 13.2 Å². The molecule has 0 spiro atoms. The Morgan fingerprint density at radius 3 is 1.77 bits per heavy atom. The SMILES string of the molecule is CC(C)S(=O)(=O)C(C#N)=CC=CN(C)C.CN(C)C=CC=O. The Hall–Kier alpha value is -2.07. The molecular formula is C15H25N3O3S. The predicted octanol–water partition coefficient (Wildman–Crippen LogP) is 1.55. The molecule has 0 N–H and O–H groups in total. The van der Waals surface area contributed by atoms with Crippen LogP contribution in [0.25, 0.3) is 0 Å². The largest absolute Gasteiger partial charge is 0.383 e. The van der Waals surface area contributed by atoms with Gasteiger partial charge in [-0.25, -0.2) is 8.42 Å². The van der Waals surface area contributed by atoms with Gasteiger partial charge in [-0.3, -0.25) is 4.79 Å². The van der Waals surface area contributed by atoms with Crippen molar-refractivity contribution in [3.05, 3.63) is 35.5 Å². The summed E-state index contributed by atoms with van der Waals surface area (Å²) in [5, 5.41) is 8.16. The number of carbonyl (C=O) groups is 1. The third-order valence-electron chi connectivity index (χ3n) is 2.13. The maximum absolute atomic E-state index is 11.6. The lowest BCUT2D eigenvalue weighted by Gasteiger charge is -2.05. The molecule has 0 aliphatic carbocycles. The number of allylic oxidation sites excluding steroid dienone is 4. The number of carbonyl (C=O) groups excluding carboxylic acids is 1. The molecule has 0 amide bonds. The van der Waals surface area contributed by atoms with Gasteiger partial charge in [0.1, 0.15) is 17.3 Å². The van der Waals surface area contributed by atoms with E-state index in [-0.39, 0.29) is 4.91 Å². The van der Waals surface area contributed by atoms with Gasteiger partial charge in [0.15, 0.2) is 9.84 Å². The minimum absolute atomic E-state index is 0.199. The number of nitriles is 1. The van der Waals surface area contributed by atoms with Crippen LogP contribution in [-0.4, -0.2) is 57.9 Å². The zero-order valence-electron chi connectivity index (χ0n) is 14.0. The van der Waals surface area contributed by atoms with E-state index in [1.807, 2.05) is 28.2 Å². The highest BCUT2D eigenvalue weighted by atomic mass is 32.2. The molecule has 0 bridgehead atoms. The molecule has 0 rings (SSSR count). The molecule has 6 nitrogen and oxygen atoms in total. The lowest BCUT2D eigenvalue weighted by molar-refractivity contribution is -0.104. The van der Waals surface area contributed by atoms with Gasteiger partial charge in [-0.2, -0.15) is 5.26 Å². The van der Waals surface area contributed by atoms with Crippen molar-refractivity contribution in [2.24, 2.45) is 0 Å². The molecule has 0 aromatic rings. The van der Waals surface area contributed by atoms with Crippen molar-refractivity contribution in [1.29, 1.82) is 5.26 Å². The van der Waals surface area contributed by atoms with Crippen LogP contribution in [0.1, 0.15) is 13.8 Å². The monoisotopic (exact) mass is 327 g/mol. The fraction of sp³-hybridized carbons (Fsp3) is 0.467. The van der Waals surface area contributed by atoms with E-state index in [0.29, 0.717) is 0 Å². The second-order valence-corrected chi connectivity index (χ2v) is 7.46. The van der Waals surface area contributed by atoms with Gasteiger partial charge in [0.2, 0.25) is 0 Å². The van der Waals surface area contributed by atoms with E-state index in [4.69, 9.17) is 5.26 Å². The second kappa shape index (κ2) is 11.6. The number of sulfone groups is 1. The zero-order valence-corrected chi connectivity index (χ0v) is 14.8. The van der Waals surface area contributed by atoms with Crippen LogP contribution in [0.2, 0.25) is 0 Å². The van der Waals surface area contributed by atoms with Crippen LogP contribution in [0, 0.1) is 11.3 Å². The zero-order chi connectivity index (χ0) is 17.8. The van der Waals surface area contributed by atoms with Crippen molar-refractivity contribution in [2.45, 2.75) is 19.1 Å². The quantitative estimate of drug-likeness (QED) is 0.319. The summed E-state index contributed by atoms with van der Waals surface area (Å²) in [6.07, 6.45) is 8.41. The van der Waals surface area contributed by atoms with Crippen LogP contribution in [0.15, 0.2) is 35.5 Å². The van der Waals surface area contributed by atoms with Crippen LogP contribution in [0.4, 0.5) is 0 Å². The standard InChI is InChI=1S/C10H16N2O2S.C5H9NO/c1-9(2)15(13,14)10(8-11)6-5-7-12(3)4;1-6(2)4-3-5-7/h5-7,9H,1-4H3;3-5H,1-2H3. The first-order valence-corrected chi connectivity index (χ1v) is 8.11. The summed E-state index contributed by atoms with van der Waals surface area (Å²) in [4.78, 5) is 13.0. The molecule has 0 aliphatic heterocycles. The van der Waals surface area contributed by atoms with Gasteiger partial charge in [0.25, 0.3) is 0 Å². The highest BCUT2D eigenvalue weighted by Crippen LogP contribution is 2.12. The summed E-state index contributed by atoms with van der Waals surface area (Å²) in [6, 6.07) is 1.70. The topological polar surface area (TPSA) is 81.5 Å². The molecule has 0 aromatic heterocycles. The van der Waals surface area contributed by atoms with Crippen LogP contribution in [0.5, 0.6) is 0 Å². The number of hydrogen-bond donors (Lipinski definition) is 0. The molecule has 0 atom stereocenters. The van der Waals surface area contributed by atoms with Crippen molar-refractivity contribution >= 4 is 16.1 Å². The van der Waals surface area contributed by atoms with Crippen molar-refractivity contribution in [2.75, 3.05) is 28.2 Å². The maximum Gasteiger partial charge on any atom is 0.190 e. The van der Waals surface area contributed by atoms with Gasteiger partial charge in [-0.1, -0.05) is 0 Å². The van der Waals surface area contributed by atoms with Crippen molar-refractivity contribution in [3.63, 3.8) is 0 Å². The molecule has 0 aromatic carbocycles. The van der Waals surface area contributed by atoms with Gasteiger partial charge in [0, 0.05) is 34.4 Å². The maximum atomic E-state index is 11.6. The fourth-order valence-electron chi connectivity index (χ4n) is 0.959. The number of rotatable bonds is 6. The number of nitrogens with zero attached hydrogens (tertiary/aromatic N) is 3. The van der Waals surface area contributed by atoms with E-state index in [9.17, 15) is 13.2 Å². The van der Waals surface area contributed by atoms with Crippen LogP contribution in [0.3, 0.4) is 0 Å². The van der Waals surface area contributed by atoms with Gasteiger partial charge in [-0.15, -0.1) is 0 Å². The van der Waals surface area contributed by atoms with E-state index in [1.165, 1.54) is 12.2 Å². The second-order valence-electron chi connectivity index (χ2n) is 4.98. The first-order chi connectivity index (χ1) is 10.1. The normalized spacial score (nSPS) is 12.0. The number of hydrogen-bond acceptors (Lipinski definition) is 6. The van der Waals surface area contributed by atoms with Crippen LogP contribution < -0.4 is 0 Å². The van der Waals surface area contributed by atoms with E-state index in [1.54, 1.807) is 48.2 Å². The molecule has 0 aliphatic rings. The smallest absolute Gasteiger partial charge is 0.190 e. The summed E-state index contributed by atoms with van der Waals surface area (Å²) in [7, 11) is 3.89. The van der Waals surface area contributed by atoms with Crippen molar-refractivity contribution in [1.82, 2.24) is 9.80 Å². The average Bonchev–Trinajstić information content (AvgIpc) is 2.41. The Balaban J connectivity index is 0. The van der Waals surface area contributed by atoms with Gasteiger partial charge in [-0.05, 0) is 38.3 Å². The Morgan fingerprint density at radius 1 is 1.05 bits per heavy atom. The fourth-order valence-corrected chi connectivity index (χ4v) is 1.86. The Labute approximate surface area is 133 Å². The first-order valence-electron chi connectivity index (χ1n) is 6.56. The first kappa shape index (κ1) is 22.2. The summed E-state index contributed by atoms with van der Waals surface area (Å²) in [6.45, 7) is 3.10. The lowest BCUT2D eigenvalue weighted by atomic mass is 10.5. The average molecular weight is 327 g/mol. The molecule has 22 heavy (non-hydrogen) atoms. The third kappa shape index (κ3) is 10.7.